The lowest BCUT2D eigenvalue weighted by molar-refractivity contribution is -0.118. The Labute approximate surface area is 95.8 Å². The molecule has 1 amide bonds. The zero-order valence-corrected chi connectivity index (χ0v) is 10.3. The van der Waals surface area contributed by atoms with Gasteiger partial charge in [0.15, 0.2) is 0 Å². The maximum Gasteiger partial charge on any atom is 0.218 e. The Bertz CT molecular complexity index is 314. The lowest BCUT2D eigenvalue weighted by Gasteiger charge is -2.10. The van der Waals surface area contributed by atoms with Crippen LogP contribution >= 0.6 is 27.3 Å². The van der Waals surface area contributed by atoms with Gasteiger partial charge in [0.25, 0.3) is 0 Å². The highest BCUT2D eigenvalue weighted by atomic mass is 79.9. The molecule has 0 spiro atoms. The van der Waals surface area contributed by atoms with E-state index >= 15 is 0 Å². The Morgan fingerprint density at radius 1 is 1.79 bits per heavy atom. The molecule has 1 aromatic rings. The molecule has 1 aromatic heterocycles. The van der Waals surface area contributed by atoms with Crippen LogP contribution in [0.3, 0.4) is 0 Å². The number of primary amides is 1. The van der Waals surface area contributed by atoms with Crippen molar-refractivity contribution < 1.29 is 4.79 Å². The van der Waals surface area contributed by atoms with Crippen LogP contribution in [0.2, 0.25) is 0 Å². The highest BCUT2D eigenvalue weighted by molar-refractivity contribution is 9.10. The highest BCUT2D eigenvalue weighted by Crippen LogP contribution is 2.22. The first kappa shape index (κ1) is 11.7. The van der Waals surface area contributed by atoms with E-state index in [1.54, 1.807) is 11.3 Å². The molecule has 0 saturated heterocycles. The fourth-order valence-corrected chi connectivity index (χ4v) is 2.54. The molecule has 0 aliphatic carbocycles. The largest absolute Gasteiger partial charge is 0.370 e. The quantitative estimate of drug-likeness (QED) is 0.863. The minimum absolute atomic E-state index is 0.126. The number of halogens is 1. The number of rotatable bonds is 5. The molecule has 0 fully saturated rings. The van der Waals surface area contributed by atoms with Gasteiger partial charge in [-0.2, -0.15) is 0 Å². The van der Waals surface area contributed by atoms with Gasteiger partial charge in [0.05, 0.1) is 0 Å². The van der Waals surface area contributed by atoms with Gasteiger partial charge in [-0.15, -0.1) is 11.3 Å². The summed E-state index contributed by atoms with van der Waals surface area (Å²) < 4.78 is 1.11. The van der Waals surface area contributed by atoms with E-state index in [1.165, 1.54) is 4.88 Å². The van der Waals surface area contributed by atoms with Crippen LogP contribution in [0.5, 0.6) is 0 Å². The van der Waals surface area contributed by atoms with Crippen molar-refractivity contribution in [1.82, 2.24) is 5.32 Å². The lowest BCUT2D eigenvalue weighted by atomic mass is 10.2. The number of hydrogen-bond donors (Lipinski definition) is 2. The molecule has 1 heterocycles. The van der Waals surface area contributed by atoms with Crippen molar-refractivity contribution in [3.63, 3.8) is 0 Å². The second-order valence-electron chi connectivity index (χ2n) is 3.14. The summed E-state index contributed by atoms with van der Waals surface area (Å²) in [5.41, 5.74) is 5.09. The van der Waals surface area contributed by atoms with E-state index < -0.39 is 0 Å². The van der Waals surface area contributed by atoms with Gasteiger partial charge in [0.2, 0.25) is 5.91 Å². The minimum atomic E-state index is -0.268. The minimum Gasteiger partial charge on any atom is -0.370 e. The Morgan fingerprint density at radius 3 is 3.00 bits per heavy atom. The standard InChI is InChI=1S/C9H13BrN2OS/c1-6(4-9(11)13)12-5-8-7(10)2-3-14-8/h2-3,6,12H,4-5H2,1H3,(H2,11,13). The molecule has 14 heavy (non-hydrogen) atoms. The van der Waals surface area contributed by atoms with Crippen molar-refractivity contribution in [3.05, 3.63) is 20.8 Å². The lowest BCUT2D eigenvalue weighted by Crippen LogP contribution is -2.30. The maximum atomic E-state index is 10.6. The van der Waals surface area contributed by atoms with Crippen LogP contribution in [-0.4, -0.2) is 11.9 Å². The number of amides is 1. The molecule has 0 bridgehead atoms. The van der Waals surface area contributed by atoms with Crippen LogP contribution in [0, 0.1) is 0 Å². The van der Waals surface area contributed by atoms with E-state index in [0.717, 1.165) is 11.0 Å². The van der Waals surface area contributed by atoms with Crippen molar-refractivity contribution in [2.75, 3.05) is 0 Å². The molecule has 0 radical (unpaired) electrons. The van der Waals surface area contributed by atoms with Crippen LogP contribution in [-0.2, 0) is 11.3 Å². The Hall–Kier alpha value is -0.390. The average molecular weight is 277 g/mol. The first-order valence-electron chi connectivity index (χ1n) is 4.33. The first-order chi connectivity index (χ1) is 6.59. The monoisotopic (exact) mass is 276 g/mol. The molecule has 1 rings (SSSR count). The Morgan fingerprint density at radius 2 is 2.50 bits per heavy atom. The van der Waals surface area contributed by atoms with Crippen molar-refractivity contribution in [1.29, 1.82) is 0 Å². The normalized spacial score (nSPS) is 12.7. The van der Waals surface area contributed by atoms with E-state index in [9.17, 15) is 4.79 Å². The van der Waals surface area contributed by atoms with E-state index in [4.69, 9.17) is 5.73 Å². The van der Waals surface area contributed by atoms with Gasteiger partial charge in [-0.05, 0) is 34.3 Å². The molecule has 0 aliphatic heterocycles. The molecule has 3 N–H and O–H groups in total. The maximum absolute atomic E-state index is 10.6. The van der Waals surface area contributed by atoms with Crippen LogP contribution in [0.4, 0.5) is 0 Å². The molecular weight excluding hydrogens is 264 g/mol. The number of nitrogens with one attached hydrogen (secondary N) is 1. The third kappa shape index (κ3) is 3.77. The number of hydrogen-bond acceptors (Lipinski definition) is 3. The van der Waals surface area contributed by atoms with Gasteiger partial charge in [-0.3, -0.25) is 4.79 Å². The van der Waals surface area contributed by atoms with E-state index in [0.29, 0.717) is 6.42 Å². The molecular formula is C9H13BrN2OS. The molecule has 3 nitrogen and oxygen atoms in total. The molecule has 0 aromatic carbocycles. The fourth-order valence-electron chi connectivity index (χ4n) is 1.09. The van der Waals surface area contributed by atoms with Crippen LogP contribution in [0.25, 0.3) is 0 Å². The van der Waals surface area contributed by atoms with Gasteiger partial charge in [0, 0.05) is 28.4 Å². The summed E-state index contributed by atoms with van der Waals surface area (Å²) in [6.45, 7) is 2.72. The summed E-state index contributed by atoms with van der Waals surface area (Å²) in [5.74, 6) is -0.268. The van der Waals surface area contributed by atoms with Crippen LogP contribution in [0.1, 0.15) is 18.2 Å². The van der Waals surface area contributed by atoms with E-state index in [2.05, 4.69) is 21.2 Å². The molecule has 0 aliphatic rings. The van der Waals surface area contributed by atoms with Crippen molar-refractivity contribution >= 4 is 33.2 Å². The second kappa shape index (κ2) is 5.48. The number of carbonyl (C=O) groups is 1. The molecule has 78 valence electrons. The third-order valence-electron chi connectivity index (χ3n) is 1.81. The third-order valence-corrected chi connectivity index (χ3v) is 3.74. The van der Waals surface area contributed by atoms with Crippen molar-refractivity contribution in [2.24, 2.45) is 5.73 Å². The first-order valence-corrected chi connectivity index (χ1v) is 6.00. The van der Waals surface area contributed by atoms with Crippen LogP contribution in [0.15, 0.2) is 15.9 Å². The predicted octanol–water partition coefficient (Wildman–Crippen LogP) is 1.86. The zero-order chi connectivity index (χ0) is 10.6. The van der Waals surface area contributed by atoms with Gasteiger partial charge in [-0.25, -0.2) is 0 Å². The summed E-state index contributed by atoms with van der Waals surface area (Å²) >= 11 is 5.13. The van der Waals surface area contributed by atoms with Crippen LogP contribution < -0.4 is 11.1 Å². The smallest absolute Gasteiger partial charge is 0.218 e. The van der Waals surface area contributed by atoms with E-state index in [-0.39, 0.29) is 11.9 Å². The summed E-state index contributed by atoms with van der Waals surface area (Å²) in [7, 11) is 0. The summed E-state index contributed by atoms with van der Waals surface area (Å²) in [6.07, 6.45) is 0.378. The molecule has 0 saturated carbocycles. The zero-order valence-electron chi connectivity index (χ0n) is 7.92. The Kier molecular flexibility index (Phi) is 4.57. The Balaban J connectivity index is 2.34. The predicted molar refractivity (Wildman–Crippen MR) is 62.1 cm³/mol. The average Bonchev–Trinajstić information content (AvgIpc) is 2.46. The number of thiophene rings is 1. The number of nitrogens with two attached hydrogens (primary N) is 1. The van der Waals surface area contributed by atoms with E-state index in [1.807, 2.05) is 18.4 Å². The SMILES string of the molecule is CC(CC(N)=O)NCc1sccc1Br. The van der Waals surface area contributed by atoms with Gasteiger partial charge >= 0.3 is 0 Å². The van der Waals surface area contributed by atoms with Gasteiger partial charge in [0.1, 0.15) is 0 Å². The molecule has 1 unspecified atom stereocenters. The van der Waals surface area contributed by atoms with Crippen molar-refractivity contribution in [2.45, 2.75) is 25.9 Å². The highest BCUT2D eigenvalue weighted by Gasteiger charge is 2.06. The fraction of sp³-hybridized carbons (Fsp3) is 0.444. The summed E-state index contributed by atoms with van der Waals surface area (Å²) in [6, 6.07) is 2.14. The van der Waals surface area contributed by atoms with Gasteiger partial charge < -0.3 is 11.1 Å². The molecule has 1 atom stereocenters. The topological polar surface area (TPSA) is 55.1 Å². The van der Waals surface area contributed by atoms with Crippen molar-refractivity contribution in [3.8, 4) is 0 Å². The molecule has 5 heteroatoms. The second-order valence-corrected chi connectivity index (χ2v) is 5.00. The van der Waals surface area contributed by atoms with Gasteiger partial charge in [-0.1, -0.05) is 0 Å². The number of carbonyl (C=O) groups excluding carboxylic acids is 1. The summed E-state index contributed by atoms with van der Waals surface area (Å²) in [4.78, 5) is 11.9. The summed E-state index contributed by atoms with van der Waals surface area (Å²) in [5, 5.41) is 5.26.